The molecule has 1 unspecified atom stereocenters. The highest BCUT2D eigenvalue weighted by Gasteiger charge is 2.40. The average Bonchev–Trinajstić information content (AvgIpc) is 3.16. The molecule has 0 aliphatic carbocycles. The topological polar surface area (TPSA) is 60.0 Å². The predicted octanol–water partition coefficient (Wildman–Crippen LogP) is 4.56. The summed E-state index contributed by atoms with van der Waals surface area (Å²) >= 11 is 0. The van der Waals surface area contributed by atoms with E-state index < -0.39 is 0 Å². The van der Waals surface area contributed by atoms with Gasteiger partial charge in [0, 0.05) is 24.8 Å². The molecule has 0 radical (unpaired) electrons. The lowest BCUT2D eigenvalue weighted by molar-refractivity contribution is -0.907. The van der Waals surface area contributed by atoms with Gasteiger partial charge < -0.3 is 28.8 Å². The summed E-state index contributed by atoms with van der Waals surface area (Å²) in [7, 11) is 6.58. The fraction of sp³-hybridized carbons (Fsp3) is 0.417. The molecule has 0 N–H and O–H groups in total. The molecule has 3 aromatic carbocycles. The van der Waals surface area contributed by atoms with Crippen molar-refractivity contribution in [2.75, 3.05) is 35.0 Å². The number of nitrogens with zero attached hydrogens (tertiary/aromatic N) is 1. The second-order valence-corrected chi connectivity index (χ2v) is 8.30. The molecule has 0 amide bonds. The summed E-state index contributed by atoms with van der Waals surface area (Å²) in [6, 6.07) is 8.25. The van der Waals surface area contributed by atoms with Crippen LogP contribution in [0.5, 0.6) is 23.0 Å². The molecule has 158 valence electrons. The van der Waals surface area contributed by atoms with Crippen molar-refractivity contribution in [3.8, 4) is 23.0 Å². The van der Waals surface area contributed by atoms with E-state index in [4.69, 9.17) is 18.9 Å². The van der Waals surface area contributed by atoms with Gasteiger partial charge in [-0.2, -0.15) is 0 Å². The third-order valence-electron chi connectivity index (χ3n) is 6.96. The van der Waals surface area contributed by atoms with Crippen molar-refractivity contribution in [2.45, 2.75) is 31.8 Å². The lowest BCUT2D eigenvalue weighted by Crippen LogP contribution is -2.49. The fourth-order valence-electron chi connectivity index (χ4n) is 5.43. The van der Waals surface area contributed by atoms with Gasteiger partial charge in [-0.3, -0.25) is 0 Å². The van der Waals surface area contributed by atoms with Crippen LogP contribution in [0.15, 0.2) is 24.3 Å². The Bertz CT molecular complexity index is 1160. The summed E-state index contributed by atoms with van der Waals surface area (Å²) in [6.45, 7) is 1.19. The van der Waals surface area contributed by atoms with E-state index in [2.05, 4.69) is 6.07 Å². The molecule has 0 saturated carbocycles. The van der Waals surface area contributed by atoms with E-state index in [0.29, 0.717) is 36.1 Å². The summed E-state index contributed by atoms with van der Waals surface area (Å²) in [5.41, 5.74) is 2.38. The first-order chi connectivity index (χ1) is 14.5. The Hall–Kier alpha value is -2.70. The molecule has 5 rings (SSSR count). The first-order valence-corrected chi connectivity index (χ1v) is 10.4. The number of methoxy groups -OCH3 is 4. The molecule has 30 heavy (non-hydrogen) atoms. The van der Waals surface area contributed by atoms with Gasteiger partial charge >= 0.3 is 0 Å². The van der Waals surface area contributed by atoms with E-state index in [0.717, 1.165) is 46.4 Å². The van der Waals surface area contributed by atoms with Crippen molar-refractivity contribution in [2.24, 2.45) is 0 Å². The number of ether oxygens (including phenoxy) is 4. The van der Waals surface area contributed by atoms with Gasteiger partial charge in [0.05, 0.1) is 41.0 Å². The lowest BCUT2D eigenvalue weighted by atomic mass is 9.84. The van der Waals surface area contributed by atoms with Crippen molar-refractivity contribution >= 4 is 21.5 Å². The number of rotatable bonds is 4. The normalized spacial score (nSPS) is 22.6. The molecule has 2 atom stereocenters. The zero-order valence-electron chi connectivity index (χ0n) is 17.9. The summed E-state index contributed by atoms with van der Waals surface area (Å²) < 4.78 is 22.2. The van der Waals surface area contributed by atoms with Crippen LogP contribution in [0.3, 0.4) is 0 Å². The molecule has 2 heterocycles. The Kier molecular flexibility index (Phi) is 4.45. The zero-order chi connectivity index (χ0) is 21.0. The zero-order valence-corrected chi connectivity index (χ0v) is 17.9. The van der Waals surface area contributed by atoms with Gasteiger partial charge in [-0.05, 0) is 51.4 Å². The van der Waals surface area contributed by atoms with Crippen molar-refractivity contribution in [3.05, 3.63) is 40.6 Å². The third-order valence-corrected chi connectivity index (χ3v) is 6.96. The van der Waals surface area contributed by atoms with Crippen LogP contribution in [0.4, 0.5) is 0 Å². The van der Waals surface area contributed by atoms with Crippen molar-refractivity contribution in [3.63, 3.8) is 0 Å². The first kappa shape index (κ1) is 19.3. The minimum absolute atomic E-state index is 0.116. The highest BCUT2D eigenvalue weighted by molar-refractivity contribution is 6.12. The third kappa shape index (κ3) is 2.63. The summed E-state index contributed by atoms with van der Waals surface area (Å²) in [6.07, 6.45) is 2.77. The van der Waals surface area contributed by atoms with Crippen LogP contribution < -0.4 is 18.9 Å². The van der Waals surface area contributed by atoms with Crippen LogP contribution >= 0.6 is 0 Å². The number of hydroxylamine groups is 3. The van der Waals surface area contributed by atoms with E-state index in [-0.39, 0.29) is 10.7 Å². The minimum Gasteiger partial charge on any atom is -0.632 e. The highest BCUT2D eigenvalue weighted by atomic mass is 16.5. The van der Waals surface area contributed by atoms with Gasteiger partial charge in [-0.1, -0.05) is 0 Å². The molecule has 1 fully saturated rings. The van der Waals surface area contributed by atoms with Gasteiger partial charge in [-0.25, -0.2) is 0 Å². The standard InChI is InChI=1S/C24H27NO5/c1-27-21-9-16-15-8-14-6-5-7-25(14,26)13-20(15)19-12-24(30-4)23(29-3)11-18(19)17(16)10-22(21)28-2/h9-12,14H,5-8,13H2,1-4H3/t14-,25?/m1/s1. The number of quaternary nitrogens is 1. The van der Waals surface area contributed by atoms with E-state index >= 15 is 0 Å². The summed E-state index contributed by atoms with van der Waals surface area (Å²) in [5.74, 6) is 2.73. The monoisotopic (exact) mass is 409 g/mol. The second kappa shape index (κ2) is 6.93. The molecular weight excluding hydrogens is 382 g/mol. The average molecular weight is 409 g/mol. The maximum absolute atomic E-state index is 13.6. The smallest absolute Gasteiger partial charge is 0.161 e. The molecule has 0 spiro atoms. The largest absolute Gasteiger partial charge is 0.632 e. The van der Waals surface area contributed by atoms with Gasteiger partial charge in [-0.15, -0.1) is 0 Å². The summed E-state index contributed by atoms with van der Waals surface area (Å²) in [5, 5.41) is 17.9. The molecule has 0 aromatic heterocycles. The molecule has 2 aliphatic heterocycles. The SMILES string of the molecule is COc1cc2c3c(c4cc(OC)c(OC)cc4c2cc1OC)C[N+]1([O-])CCC[C@@H]1C3. The van der Waals surface area contributed by atoms with Crippen LogP contribution in [-0.4, -0.2) is 45.7 Å². The second-order valence-electron chi connectivity index (χ2n) is 8.30. The first-order valence-electron chi connectivity index (χ1n) is 10.4. The van der Waals surface area contributed by atoms with Gasteiger partial charge in [0.1, 0.15) is 6.54 Å². The lowest BCUT2D eigenvalue weighted by Gasteiger charge is -2.48. The van der Waals surface area contributed by atoms with E-state index in [9.17, 15) is 5.21 Å². The highest BCUT2D eigenvalue weighted by Crippen LogP contribution is 2.47. The Morgan fingerprint density at radius 1 is 0.733 bits per heavy atom. The number of hydrogen-bond acceptors (Lipinski definition) is 5. The molecule has 2 aliphatic rings. The Morgan fingerprint density at radius 3 is 1.70 bits per heavy atom. The maximum Gasteiger partial charge on any atom is 0.161 e. The van der Waals surface area contributed by atoms with E-state index in [1.54, 1.807) is 28.4 Å². The number of hydrogen-bond donors (Lipinski definition) is 0. The fourth-order valence-corrected chi connectivity index (χ4v) is 5.43. The molecular formula is C24H27NO5. The van der Waals surface area contributed by atoms with Gasteiger partial charge in [0.15, 0.2) is 23.0 Å². The van der Waals surface area contributed by atoms with E-state index in [1.807, 2.05) is 18.2 Å². The van der Waals surface area contributed by atoms with E-state index in [1.165, 1.54) is 5.56 Å². The van der Waals surface area contributed by atoms with Gasteiger partial charge in [0.2, 0.25) is 0 Å². The predicted molar refractivity (Wildman–Crippen MR) is 117 cm³/mol. The van der Waals surface area contributed by atoms with Crippen LogP contribution in [0.25, 0.3) is 21.5 Å². The van der Waals surface area contributed by atoms with Crippen LogP contribution in [0.2, 0.25) is 0 Å². The Balaban J connectivity index is 1.91. The molecule has 0 bridgehead atoms. The number of benzene rings is 3. The maximum atomic E-state index is 13.6. The molecule has 1 saturated heterocycles. The van der Waals surface area contributed by atoms with Crippen molar-refractivity contribution < 1.29 is 23.6 Å². The minimum atomic E-state index is -0.116. The summed E-state index contributed by atoms with van der Waals surface area (Å²) in [4.78, 5) is 0. The number of fused-ring (bicyclic) bond motifs is 7. The van der Waals surface area contributed by atoms with Crippen LogP contribution in [-0.2, 0) is 13.0 Å². The van der Waals surface area contributed by atoms with Gasteiger partial charge in [0.25, 0.3) is 0 Å². The van der Waals surface area contributed by atoms with Crippen molar-refractivity contribution in [1.29, 1.82) is 0 Å². The Morgan fingerprint density at radius 2 is 1.20 bits per heavy atom. The molecule has 6 nitrogen and oxygen atoms in total. The molecule has 3 aromatic rings. The van der Waals surface area contributed by atoms with Crippen molar-refractivity contribution in [1.82, 2.24) is 0 Å². The Labute approximate surface area is 176 Å². The van der Waals surface area contributed by atoms with Crippen LogP contribution in [0.1, 0.15) is 24.0 Å². The molecule has 6 heteroatoms. The van der Waals surface area contributed by atoms with Crippen LogP contribution in [0, 0.1) is 5.21 Å². The quantitative estimate of drug-likeness (QED) is 0.359.